The Hall–Kier alpha value is -1.46. The number of nitrogens with zero attached hydrogens (tertiary/aromatic N) is 4. The molecule has 2 aromatic heterocycles. The molecule has 1 atom stereocenters. The van der Waals surface area contributed by atoms with Crippen LogP contribution in [0.3, 0.4) is 0 Å². The van der Waals surface area contributed by atoms with Gasteiger partial charge in [0.05, 0.1) is 0 Å². The van der Waals surface area contributed by atoms with Crippen molar-refractivity contribution in [3.8, 4) is 0 Å². The monoisotopic (exact) mass is 273 g/mol. The minimum atomic E-state index is 0.507. The summed E-state index contributed by atoms with van der Waals surface area (Å²) in [6.45, 7) is 5.08. The topological polar surface area (TPSA) is 59.5 Å². The molecule has 3 heterocycles. The molecular weight excluding hydrogens is 250 g/mol. The molecule has 2 aromatic rings. The number of pyridine rings is 1. The summed E-state index contributed by atoms with van der Waals surface area (Å²) in [7, 11) is 0. The molecule has 0 radical (unpaired) electrons. The van der Waals surface area contributed by atoms with Crippen LogP contribution in [-0.4, -0.2) is 38.6 Å². The number of piperidine rings is 1. The van der Waals surface area contributed by atoms with Gasteiger partial charge in [-0.15, -0.1) is 10.2 Å². The van der Waals surface area contributed by atoms with Gasteiger partial charge in [-0.2, -0.15) is 0 Å². The molecule has 1 unspecified atom stereocenters. The van der Waals surface area contributed by atoms with E-state index in [4.69, 9.17) is 5.73 Å². The third-order valence-corrected chi connectivity index (χ3v) is 4.38. The van der Waals surface area contributed by atoms with Crippen molar-refractivity contribution in [2.45, 2.75) is 45.2 Å². The highest BCUT2D eigenvalue weighted by atomic mass is 15.3. The van der Waals surface area contributed by atoms with E-state index in [1.165, 1.54) is 25.8 Å². The molecule has 0 aliphatic carbocycles. The van der Waals surface area contributed by atoms with E-state index in [1.807, 2.05) is 18.3 Å². The van der Waals surface area contributed by atoms with Crippen LogP contribution >= 0.6 is 0 Å². The molecule has 0 spiro atoms. The number of hydrogen-bond acceptors (Lipinski definition) is 4. The largest absolute Gasteiger partial charge is 0.326 e. The van der Waals surface area contributed by atoms with Gasteiger partial charge in [0, 0.05) is 30.8 Å². The summed E-state index contributed by atoms with van der Waals surface area (Å²) in [5, 5.41) is 8.72. The molecule has 1 aliphatic heterocycles. The maximum atomic E-state index is 5.76. The molecule has 5 nitrogen and oxygen atoms in total. The van der Waals surface area contributed by atoms with Crippen LogP contribution < -0.4 is 5.73 Å². The van der Waals surface area contributed by atoms with Gasteiger partial charge in [0.25, 0.3) is 0 Å². The summed E-state index contributed by atoms with van der Waals surface area (Å²) in [5.74, 6) is 1.06. The minimum Gasteiger partial charge on any atom is -0.326 e. The average Bonchev–Trinajstić information content (AvgIpc) is 2.91. The summed E-state index contributed by atoms with van der Waals surface area (Å²) < 4.78 is 2.10. The van der Waals surface area contributed by atoms with Gasteiger partial charge in [-0.25, -0.2) is 0 Å². The van der Waals surface area contributed by atoms with Crippen LogP contribution in [-0.2, 0) is 13.0 Å². The normalized spacial score (nSPS) is 20.6. The second-order valence-corrected chi connectivity index (χ2v) is 5.53. The van der Waals surface area contributed by atoms with Gasteiger partial charge in [-0.1, -0.05) is 19.4 Å². The van der Waals surface area contributed by atoms with E-state index in [0.29, 0.717) is 12.6 Å². The first-order chi connectivity index (χ1) is 9.83. The number of nitrogens with two attached hydrogens (primary N) is 1. The number of hydrogen-bond donors (Lipinski definition) is 1. The lowest BCUT2D eigenvalue weighted by atomic mass is 9.99. The number of rotatable bonds is 4. The van der Waals surface area contributed by atoms with Gasteiger partial charge in [0.15, 0.2) is 5.65 Å². The standard InChI is InChI=1S/C15H23N5/c1-2-19-8-4-3-7-13(19)10-14-17-18-15-12(11-16)6-5-9-20(14)15/h5-6,9,13H,2-4,7-8,10-11,16H2,1H3. The van der Waals surface area contributed by atoms with E-state index < -0.39 is 0 Å². The first-order valence-corrected chi connectivity index (χ1v) is 7.59. The third-order valence-electron chi connectivity index (χ3n) is 4.38. The van der Waals surface area contributed by atoms with E-state index in [9.17, 15) is 0 Å². The molecule has 108 valence electrons. The fourth-order valence-corrected chi connectivity index (χ4v) is 3.24. The van der Waals surface area contributed by atoms with Crippen molar-refractivity contribution in [3.63, 3.8) is 0 Å². The zero-order chi connectivity index (χ0) is 13.9. The summed E-state index contributed by atoms with van der Waals surface area (Å²) in [4.78, 5) is 2.57. The lowest BCUT2D eigenvalue weighted by Gasteiger charge is -2.34. The molecule has 0 aromatic carbocycles. The van der Waals surface area contributed by atoms with Crippen molar-refractivity contribution in [1.82, 2.24) is 19.5 Å². The predicted molar refractivity (Wildman–Crippen MR) is 79.5 cm³/mol. The maximum Gasteiger partial charge on any atom is 0.165 e. The Morgan fingerprint density at radius 3 is 3.05 bits per heavy atom. The first-order valence-electron chi connectivity index (χ1n) is 7.59. The molecule has 0 amide bonds. The first kappa shape index (κ1) is 13.5. The molecule has 1 aliphatic rings. The second kappa shape index (κ2) is 5.89. The second-order valence-electron chi connectivity index (χ2n) is 5.53. The van der Waals surface area contributed by atoms with Crippen molar-refractivity contribution in [1.29, 1.82) is 0 Å². The zero-order valence-corrected chi connectivity index (χ0v) is 12.1. The van der Waals surface area contributed by atoms with Crippen molar-refractivity contribution >= 4 is 5.65 Å². The van der Waals surface area contributed by atoms with Crippen molar-refractivity contribution < 1.29 is 0 Å². The predicted octanol–water partition coefficient (Wildman–Crippen LogP) is 1.60. The Morgan fingerprint density at radius 1 is 1.35 bits per heavy atom. The lowest BCUT2D eigenvalue weighted by Crippen LogP contribution is -2.40. The Morgan fingerprint density at radius 2 is 2.25 bits per heavy atom. The molecule has 3 rings (SSSR count). The molecule has 2 N–H and O–H groups in total. The van der Waals surface area contributed by atoms with Crippen LogP contribution in [0.4, 0.5) is 0 Å². The van der Waals surface area contributed by atoms with Gasteiger partial charge < -0.3 is 10.6 Å². The van der Waals surface area contributed by atoms with Crippen LogP contribution in [0.1, 0.15) is 37.6 Å². The van der Waals surface area contributed by atoms with Crippen molar-refractivity contribution in [2.75, 3.05) is 13.1 Å². The smallest absolute Gasteiger partial charge is 0.165 e. The molecule has 0 bridgehead atoms. The molecule has 5 heteroatoms. The number of likely N-dealkylation sites (N-methyl/N-ethyl adjacent to an activating group) is 1. The van der Waals surface area contributed by atoms with Gasteiger partial charge in [0.2, 0.25) is 0 Å². The minimum absolute atomic E-state index is 0.507. The van der Waals surface area contributed by atoms with Crippen molar-refractivity contribution in [3.05, 3.63) is 29.7 Å². The van der Waals surface area contributed by atoms with Gasteiger partial charge >= 0.3 is 0 Å². The fraction of sp³-hybridized carbons (Fsp3) is 0.600. The van der Waals surface area contributed by atoms with E-state index in [-0.39, 0.29) is 0 Å². The van der Waals surface area contributed by atoms with Crippen LogP contribution in [0.15, 0.2) is 18.3 Å². The summed E-state index contributed by atoms with van der Waals surface area (Å²) in [6, 6.07) is 4.65. The van der Waals surface area contributed by atoms with E-state index in [0.717, 1.165) is 30.0 Å². The van der Waals surface area contributed by atoms with E-state index >= 15 is 0 Å². The molecule has 20 heavy (non-hydrogen) atoms. The van der Waals surface area contributed by atoms with Crippen LogP contribution in [0.5, 0.6) is 0 Å². The number of aromatic nitrogens is 3. The Balaban J connectivity index is 1.87. The highest BCUT2D eigenvalue weighted by Crippen LogP contribution is 2.20. The van der Waals surface area contributed by atoms with Gasteiger partial charge in [-0.05, 0) is 32.0 Å². The SMILES string of the molecule is CCN1CCCCC1Cc1nnc2c(CN)cccn12. The van der Waals surface area contributed by atoms with Crippen LogP contribution in [0, 0.1) is 0 Å². The van der Waals surface area contributed by atoms with Crippen molar-refractivity contribution in [2.24, 2.45) is 5.73 Å². The zero-order valence-electron chi connectivity index (χ0n) is 12.1. The van der Waals surface area contributed by atoms with Gasteiger partial charge in [-0.3, -0.25) is 4.40 Å². The highest BCUT2D eigenvalue weighted by Gasteiger charge is 2.23. The summed E-state index contributed by atoms with van der Waals surface area (Å²) >= 11 is 0. The molecule has 0 saturated carbocycles. The number of likely N-dealkylation sites (tertiary alicyclic amines) is 1. The Kier molecular flexibility index (Phi) is 3.98. The third kappa shape index (κ3) is 2.43. The lowest BCUT2D eigenvalue weighted by molar-refractivity contribution is 0.153. The highest BCUT2D eigenvalue weighted by molar-refractivity contribution is 5.47. The van der Waals surface area contributed by atoms with E-state index in [2.05, 4.69) is 26.4 Å². The van der Waals surface area contributed by atoms with Crippen LogP contribution in [0.2, 0.25) is 0 Å². The molecule has 1 fully saturated rings. The quantitative estimate of drug-likeness (QED) is 0.919. The van der Waals surface area contributed by atoms with Gasteiger partial charge in [0.1, 0.15) is 5.82 Å². The van der Waals surface area contributed by atoms with Crippen LogP contribution in [0.25, 0.3) is 5.65 Å². The molecule has 1 saturated heterocycles. The Labute approximate surface area is 119 Å². The molecular formula is C15H23N5. The number of fused-ring (bicyclic) bond motifs is 1. The summed E-state index contributed by atoms with van der Waals surface area (Å²) in [5.41, 5.74) is 7.73. The van der Waals surface area contributed by atoms with E-state index in [1.54, 1.807) is 0 Å². The fourth-order valence-electron chi connectivity index (χ4n) is 3.24. The average molecular weight is 273 g/mol. The Bertz CT molecular complexity index is 577. The maximum absolute atomic E-state index is 5.76. The summed E-state index contributed by atoms with van der Waals surface area (Å²) in [6.07, 6.45) is 6.93.